The average molecular weight is 394 g/mol. The number of benzene rings is 2. The molecule has 0 radical (unpaired) electrons. The van der Waals surface area contributed by atoms with Gasteiger partial charge in [0.05, 0.1) is 12.0 Å². The summed E-state index contributed by atoms with van der Waals surface area (Å²) < 4.78 is 19.3. The van der Waals surface area contributed by atoms with Crippen LogP contribution in [0.3, 0.4) is 0 Å². The number of halogens is 2. The van der Waals surface area contributed by atoms with E-state index in [0.29, 0.717) is 30.0 Å². The maximum atomic E-state index is 14.0. The van der Waals surface area contributed by atoms with Crippen LogP contribution in [0.1, 0.15) is 25.8 Å². The Labute approximate surface area is 164 Å². The van der Waals surface area contributed by atoms with Crippen LogP contribution in [0.25, 0.3) is 11.1 Å². The molecule has 0 fully saturated rings. The standard InChI is InChI=1S/C21H25ClFNO3/c1-3-27-13-21(2,20(25)26)12-17(24)10-14-4-6-15(7-5-14)18-11-16(22)8-9-19(18)23/h4-9,11,17H,3,10,12-13,24H2,1-2H3,(H,25,26). The van der Waals surface area contributed by atoms with E-state index in [1.807, 2.05) is 31.2 Å². The van der Waals surface area contributed by atoms with Gasteiger partial charge in [-0.25, -0.2) is 4.39 Å². The number of aliphatic carboxylic acids is 1. The SMILES string of the molecule is CCOCC(C)(CC(N)Cc1ccc(-c2cc(Cl)ccc2F)cc1)C(=O)O. The van der Waals surface area contributed by atoms with E-state index in [1.165, 1.54) is 12.1 Å². The highest BCUT2D eigenvalue weighted by atomic mass is 35.5. The van der Waals surface area contributed by atoms with Crippen LogP contribution >= 0.6 is 11.6 Å². The molecular formula is C21H25ClFNO3. The predicted molar refractivity (Wildman–Crippen MR) is 105 cm³/mol. The average Bonchev–Trinajstić information content (AvgIpc) is 2.62. The molecule has 0 aliphatic rings. The van der Waals surface area contributed by atoms with Crippen LogP contribution in [0, 0.1) is 11.2 Å². The number of ether oxygens (including phenoxy) is 1. The van der Waals surface area contributed by atoms with Crippen LogP contribution in [0.5, 0.6) is 0 Å². The molecule has 2 atom stereocenters. The molecule has 0 aliphatic heterocycles. The number of carboxylic acid groups (broad SMARTS) is 1. The van der Waals surface area contributed by atoms with Crippen molar-refractivity contribution in [2.75, 3.05) is 13.2 Å². The minimum Gasteiger partial charge on any atom is -0.481 e. The summed E-state index contributed by atoms with van der Waals surface area (Å²) in [5.41, 5.74) is 7.29. The van der Waals surface area contributed by atoms with E-state index >= 15 is 0 Å². The normalized spacial score (nSPS) is 14.6. The van der Waals surface area contributed by atoms with E-state index < -0.39 is 11.4 Å². The highest BCUT2D eigenvalue weighted by molar-refractivity contribution is 6.30. The molecule has 27 heavy (non-hydrogen) atoms. The Balaban J connectivity index is 2.07. The molecule has 2 aromatic rings. The molecule has 0 spiro atoms. The Morgan fingerprint density at radius 3 is 2.56 bits per heavy atom. The number of rotatable bonds is 9. The second-order valence-electron chi connectivity index (χ2n) is 6.99. The summed E-state index contributed by atoms with van der Waals surface area (Å²) in [6.45, 7) is 4.06. The van der Waals surface area contributed by atoms with Crippen LogP contribution in [-0.2, 0) is 16.0 Å². The van der Waals surface area contributed by atoms with Gasteiger partial charge in [0.15, 0.2) is 0 Å². The van der Waals surface area contributed by atoms with Crippen molar-refractivity contribution in [2.24, 2.45) is 11.1 Å². The first-order valence-electron chi connectivity index (χ1n) is 8.86. The summed E-state index contributed by atoms with van der Waals surface area (Å²) in [7, 11) is 0. The third-order valence-corrected chi connectivity index (χ3v) is 4.78. The van der Waals surface area contributed by atoms with Gasteiger partial charge in [0.1, 0.15) is 5.82 Å². The highest BCUT2D eigenvalue weighted by Crippen LogP contribution is 2.28. The molecule has 0 amide bonds. The van der Waals surface area contributed by atoms with Gasteiger partial charge in [0.25, 0.3) is 0 Å². The minimum absolute atomic E-state index is 0.125. The summed E-state index contributed by atoms with van der Waals surface area (Å²) in [4.78, 5) is 11.6. The Bertz CT molecular complexity index is 781. The fourth-order valence-corrected chi connectivity index (χ4v) is 3.20. The number of carbonyl (C=O) groups is 1. The van der Waals surface area contributed by atoms with Crippen molar-refractivity contribution < 1.29 is 19.0 Å². The number of hydrogen-bond donors (Lipinski definition) is 2. The molecule has 2 aromatic carbocycles. The van der Waals surface area contributed by atoms with Gasteiger partial charge in [0, 0.05) is 23.2 Å². The van der Waals surface area contributed by atoms with Crippen LogP contribution < -0.4 is 5.73 Å². The van der Waals surface area contributed by atoms with Crippen molar-refractivity contribution in [1.82, 2.24) is 0 Å². The quantitative estimate of drug-likeness (QED) is 0.656. The van der Waals surface area contributed by atoms with Gasteiger partial charge >= 0.3 is 5.97 Å². The number of hydrogen-bond acceptors (Lipinski definition) is 3. The number of nitrogens with two attached hydrogens (primary N) is 1. The Kier molecular flexibility index (Phi) is 7.36. The van der Waals surface area contributed by atoms with Crippen molar-refractivity contribution in [1.29, 1.82) is 0 Å². The lowest BCUT2D eigenvalue weighted by Crippen LogP contribution is -2.40. The van der Waals surface area contributed by atoms with Gasteiger partial charge < -0.3 is 15.6 Å². The molecule has 2 unspecified atom stereocenters. The fraction of sp³-hybridized carbons (Fsp3) is 0.381. The van der Waals surface area contributed by atoms with Crippen LogP contribution in [-0.4, -0.2) is 30.3 Å². The molecule has 0 aliphatic carbocycles. The molecule has 4 nitrogen and oxygen atoms in total. The van der Waals surface area contributed by atoms with Crippen LogP contribution in [0.4, 0.5) is 4.39 Å². The van der Waals surface area contributed by atoms with E-state index in [0.717, 1.165) is 11.1 Å². The first kappa shape index (κ1) is 21.4. The van der Waals surface area contributed by atoms with E-state index in [2.05, 4.69) is 0 Å². The Hall–Kier alpha value is -1.95. The summed E-state index contributed by atoms with van der Waals surface area (Å²) in [5.74, 6) is -1.25. The zero-order valence-electron chi connectivity index (χ0n) is 15.5. The summed E-state index contributed by atoms with van der Waals surface area (Å²) in [6, 6.07) is 11.5. The third-order valence-electron chi connectivity index (χ3n) is 4.55. The highest BCUT2D eigenvalue weighted by Gasteiger charge is 2.35. The molecule has 0 heterocycles. The van der Waals surface area contributed by atoms with Crippen LogP contribution in [0.15, 0.2) is 42.5 Å². The second kappa shape index (κ2) is 9.31. The van der Waals surface area contributed by atoms with Crippen molar-refractivity contribution in [3.63, 3.8) is 0 Å². The van der Waals surface area contributed by atoms with Crippen molar-refractivity contribution in [3.8, 4) is 11.1 Å². The van der Waals surface area contributed by atoms with E-state index in [-0.39, 0.29) is 18.5 Å². The fourth-order valence-electron chi connectivity index (χ4n) is 3.03. The smallest absolute Gasteiger partial charge is 0.311 e. The minimum atomic E-state index is -1.03. The van der Waals surface area contributed by atoms with Crippen LogP contribution in [0.2, 0.25) is 5.02 Å². The lowest BCUT2D eigenvalue weighted by atomic mass is 9.83. The molecular weight excluding hydrogens is 369 g/mol. The maximum absolute atomic E-state index is 14.0. The van der Waals surface area contributed by atoms with Gasteiger partial charge in [0.2, 0.25) is 0 Å². The monoisotopic (exact) mass is 393 g/mol. The molecule has 146 valence electrons. The van der Waals surface area contributed by atoms with Crippen molar-refractivity contribution >= 4 is 17.6 Å². The maximum Gasteiger partial charge on any atom is 0.311 e. The van der Waals surface area contributed by atoms with Gasteiger partial charge in [-0.1, -0.05) is 35.9 Å². The first-order valence-corrected chi connectivity index (χ1v) is 9.24. The van der Waals surface area contributed by atoms with Gasteiger partial charge in [-0.15, -0.1) is 0 Å². The lowest BCUT2D eigenvalue weighted by Gasteiger charge is -2.27. The molecule has 6 heteroatoms. The van der Waals surface area contributed by atoms with Gasteiger partial charge in [-0.2, -0.15) is 0 Å². The Morgan fingerprint density at radius 2 is 1.96 bits per heavy atom. The number of carboxylic acids is 1. The summed E-state index contributed by atoms with van der Waals surface area (Å²) in [6.07, 6.45) is 0.820. The van der Waals surface area contributed by atoms with Gasteiger partial charge in [-0.3, -0.25) is 4.79 Å². The van der Waals surface area contributed by atoms with E-state index in [9.17, 15) is 14.3 Å². The van der Waals surface area contributed by atoms with E-state index in [4.69, 9.17) is 22.1 Å². The van der Waals surface area contributed by atoms with Crippen molar-refractivity contribution in [2.45, 2.75) is 32.7 Å². The second-order valence-corrected chi connectivity index (χ2v) is 7.43. The molecule has 3 N–H and O–H groups in total. The predicted octanol–water partition coefficient (Wildman–Crippen LogP) is 4.53. The molecule has 0 aromatic heterocycles. The largest absolute Gasteiger partial charge is 0.481 e. The summed E-state index contributed by atoms with van der Waals surface area (Å²) in [5, 5.41) is 9.98. The molecule has 0 saturated carbocycles. The molecule has 0 saturated heterocycles. The lowest BCUT2D eigenvalue weighted by molar-refractivity contribution is -0.152. The molecule has 0 bridgehead atoms. The zero-order valence-corrected chi connectivity index (χ0v) is 16.3. The van der Waals surface area contributed by atoms with Crippen molar-refractivity contribution in [3.05, 3.63) is 58.9 Å². The topological polar surface area (TPSA) is 72.5 Å². The van der Waals surface area contributed by atoms with Gasteiger partial charge in [-0.05, 0) is 56.0 Å². The first-order chi connectivity index (χ1) is 12.7. The Morgan fingerprint density at radius 1 is 1.30 bits per heavy atom. The zero-order chi connectivity index (χ0) is 20.0. The van der Waals surface area contributed by atoms with E-state index in [1.54, 1.807) is 13.0 Å². The molecule has 2 rings (SSSR count). The third kappa shape index (κ3) is 5.76. The summed E-state index contributed by atoms with van der Waals surface area (Å²) >= 11 is 5.95.